The van der Waals surface area contributed by atoms with Crippen molar-refractivity contribution in [3.8, 4) is 5.95 Å². The number of ketones is 1. The van der Waals surface area contributed by atoms with E-state index in [9.17, 15) is 9.59 Å². The molecule has 0 radical (unpaired) electrons. The van der Waals surface area contributed by atoms with Gasteiger partial charge in [0.1, 0.15) is 12.9 Å². The molecule has 25 heavy (non-hydrogen) atoms. The molecule has 1 atom stereocenters. The van der Waals surface area contributed by atoms with Crippen molar-refractivity contribution >= 4 is 11.7 Å². The average Bonchev–Trinajstić information content (AvgIpc) is 3.04. The number of hydrogen-bond donors (Lipinski definition) is 3. The van der Waals surface area contributed by atoms with E-state index in [4.69, 9.17) is 0 Å². The van der Waals surface area contributed by atoms with E-state index in [1.165, 1.54) is 6.33 Å². The summed E-state index contributed by atoms with van der Waals surface area (Å²) in [5.74, 6) is 0.518. The van der Waals surface area contributed by atoms with Gasteiger partial charge in [-0.1, -0.05) is 0 Å². The first-order valence-electron chi connectivity index (χ1n) is 8.28. The molecule has 1 unspecified atom stereocenters. The Morgan fingerprint density at radius 3 is 2.52 bits per heavy atom. The molecule has 2 aromatic rings. The molecule has 1 amide bonds. The van der Waals surface area contributed by atoms with Crippen molar-refractivity contribution < 1.29 is 14.5 Å². The van der Waals surface area contributed by atoms with E-state index in [0.717, 1.165) is 16.3 Å². The average molecular weight is 347 g/mol. The van der Waals surface area contributed by atoms with Gasteiger partial charge in [-0.25, -0.2) is 5.10 Å². The van der Waals surface area contributed by atoms with Crippen molar-refractivity contribution in [3.05, 3.63) is 29.3 Å². The van der Waals surface area contributed by atoms with Gasteiger partial charge < -0.3 is 10.2 Å². The molecular formula is C17H27N6O2+. The van der Waals surface area contributed by atoms with Crippen LogP contribution in [0.1, 0.15) is 42.5 Å². The molecule has 0 aliphatic rings. The van der Waals surface area contributed by atoms with Crippen molar-refractivity contribution in [2.45, 2.75) is 40.2 Å². The molecule has 0 aromatic carbocycles. The lowest BCUT2D eigenvalue weighted by molar-refractivity contribution is -0.862. The molecule has 0 fully saturated rings. The molecule has 0 spiro atoms. The van der Waals surface area contributed by atoms with Gasteiger partial charge in [-0.15, -0.1) is 0 Å². The SMILES string of the molecule is Cc1cc(C(=O)C[NH+](C)CC(=O)NC(C)(C)C)c(C)n1-c1ncn[nH]1. The number of hydrogen-bond acceptors (Lipinski definition) is 4. The molecule has 2 rings (SSSR count). The Labute approximate surface area is 147 Å². The maximum absolute atomic E-state index is 12.7. The zero-order chi connectivity index (χ0) is 18.8. The fraction of sp³-hybridized carbons (Fsp3) is 0.529. The molecule has 0 bridgehead atoms. The summed E-state index contributed by atoms with van der Waals surface area (Å²) in [5, 5.41) is 9.57. The molecule has 3 N–H and O–H groups in total. The summed E-state index contributed by atoms with van der Waals surface area (Å²) >= 11 is 0. The van der Waals surface area contributed by atoms with Gasteiger partial charge in [0.05, 0.1) is 7.05 Å². The third kappa shape index (κ3) is 4.76. The zero-order valence-electron chi connectivity index (χ0n) is 15.7. The Kier molecular flexibility index (Phi) is 5.42. The Hall–Kier alpha value is -2.48. The normalized spacial score (nSPS) is 12.9. The second-order valence-electron chi connectivity index (χ2n) is 7.46. The first-order chi connectivity index (χ1) is 11.6. The molecule has 2 aromatic heterocycles. The van der Waals surface area contributed by atoms with Crippen molar-refractivity contribution in [2.24, 2.45) is 0 Å². The number of quaternary nitrogens is 1. The number of aryl methyl sites for hydroxylation is 1. The highest BCUT2D eigenvalue weighted by molar-refractivity contribution is 5.98. The summed E-state index contributed by atoms with van der Waals surface area (Å²) in [6, 6.07) is 1.85. The summed E-state index contributed by atoms with van der Waals surface area (Å²) in [4.78, 5) is 29.7. The van der Waals surface area contributed by atoms with E-state index in [1.54, 1.807) is 0 Å². The van der Waals surface area contributed by atoms with Gasteiger partial charge in [-0.2, -0.15) is 10.1 Å². The number of aromatic amines is 1. The lowest BCUT2D eigenvalue weighted by Gasteiger charge is -2.21. The van der Waals surface area contributed by atoms with Gasteiger partial charge in [0, 0.05) is 22.5 Å². The molecule has 0 saturated heterocycles. The number of Topliss-reactive ketones (excluding diaryl/α,β-unsaturated/α-hetero) is 1. The Morgan fingerprint density at radius 1 is 1.28 bits per heavy atom. The number of carbonyl (C=O) groups is 2. The predicted octanol–water partition coefficient (Wildman–Crippen LogP) is -0.176. The summed E-state index contributed by atoms with van der Waals surface area (Å²) < 4.78 is 1.86. The molecule has 0 saturated carbocycles. The number of H-pyrrole nitrogens is 1. The first kappa shape index (κ1) is 18.9. The largest absolute Gasteiger partial charge is 0.347 e. The van der Waals surface area contributed by atoms with Crippen molar-refractivity contribution in [2.75, 3.05) is 20.1 Å². The number of nitrogens with one attached hydrogen (secondary N) is 3. The van der Waals surface area contributed by atoms with Gasteiger partial charge in [-0.3, -0.25) is 14.2 Å². The lowest BCUT2D eigenvalue weighted by atomic mass is 10.1. The van der Waals surface area contributed by atoms with E-state index in [0.29, 0.717) is 11.5 Å². The molecule has 0 aliphatic heterocycles. The number of amides is 1. The van der Waals surface area contributed by atoms with Crippen LogP contribution in [0.15, 0.2) is 12.4 Å². The standard InChI is InChI=1S/C17H26N6O2/c1-11-7-13(12(2)23(11)16-18-10-19-21-16)14(24)8-22(6)9-15(25)20-17(3,4)5/h7,10H,8-9H2,1-6H3,(H,20,25)(H,18,19,21)/p+1. The van der Waals surface area contributed by atoms with Crippen molar-refractivity contribution in [1.29, 1.82) is 0 Å². The van der Waals surface area contributed by atoms with Crippen molar-refractivity contribution in [1.82, 2.24) is 25.1 Å². The highest BCUT2D eigenvalue weighted by Crippen LogP contribution is 2.18. The molecule has 2 heterocycles. The second kappa shape index (κ2) is 7.18. The Morgan fingerprint density at radius 2 is 1.96 bits per heavy atom. The molecule has 0 aliphatic carbocycles. The number of likely N-dealkylation sites (N-methyl/N-ethyl adjacent to an activating group) is 1. The molecular weight excluding hydrogens is 320 g/mol. The van der Waals surface area contributed by atoms with Gasteiger partial charge in [0.25, 0.3) is 5.91 Å². The minimum Gasteiger partial charge on any atom is -0.347 e. The monoisotopic (exact) mass is 347 g/mol. The van der Waals surface area contributed by atoms with Crippen LogP contribution in [0.5, 0.6) is 0 Å². The smallest absolute Gasteiger partial charge is 0.275 e. The topological polar surface area (TPSA) is 97.1 Å². The van der Waals surface area contributed by atoms with Gasteiger partial charge in [-0.05, 0) is 40.7 Å². The van der Waals surface area contributed by atoms with Crippen LogP contribution < -0.4 is 10.2 Å². The van der Waals surface area contributed by atoms with E-state index in [-0.39, 0.29) is 30.3 Å². The maximum atomic E-state index is 12.7. The van der Waals surface area contributed by atoms with Gasteiger partial charge in [0.2, 0.25) is 11.7 Å². The lowest BCUT2D eigenvalue weighted by Crippen LogP contribution is -3.11. The summed E-state index contributed by atoms with van der Waals surface area (Å²) in [5.41, 5.74) is 2.08. The quantitative estimate of drug-likeness (QED) is 0.632. The summed E-state index contributed by atoms with van der Waals surface area (Å²) in [7, 11) is 1.84. The van der Waals surface area contributed by atoms with Crippen LogP contribution in [0.4, 0.5) is 0 Å². The maximum Gasteiger partial charge on any atom is 0.275 e. The first-order valence-corrected chi connectivity index (χ1v) is 8.28. The predicted molar refractivity (Wildman–Crippen MR) is 94.0 cm³/mol. The van der Waals surface area contributed by atoms with E-state index in [2.05, 4.69) is 20.5 Å². The third-order valence-corrected chi connectivity index (χ3v) is 3.78. The summed E-state index contributed by atoms with van der Waals surface area (Å²) in [6.07, 6.45) is 1.43. The number of carbonyl (C=O) groups excluding carboxylic acids is 2. The van der Waals surface area contributed by atoms with Gasteiger partial charge in [0.15, 0.2) is 6.54 Å². The highest BCUT2D eigenvalue weighted by Gasteiger charge is 2.22. The van der Waals surface area contributed by atoms with E-state index < -0.39 is 0 Å². The fourth-order valence-electron chi connectivity index (χ4n) is 2.85. The van der Waals surface area contributed by atoms with Crippen LogP contribution in [0.2, 0.25) is 0 Å². The van der Waals surface area contributed by atoms with Crippen LogP contribution in [0.25, 0.3) is 5.95 Å². The Balaban J connectivity index is 2.06. The molecule has 8 heteroatoms. The highest BCUT2D eigenvalue weighted by atomic mass is 16.2. The van der Waals surface area contributed by atoms with Crippen LogP contribution in [-0.4, -0.2) is 57.1 Å². The van der Waals surface area contributed by atoms with Crippen LogP contribution >= 0.6 is 0 Å². The van der Waals surface area contributed by atoms with Crippen molar-refractivity contribution in [3.63, 3.8) is 0 Å². The van der Waals surface area contributed by atoms with Gasteiger partial charge >= 0.3 is 0 Å². The van der Waals surface area contributed by atoms with Crippen LogP contribution in [0, 0.1) is 13.8 Å². The fourth-order valence-corrected chi connectivity index (χ4v) is 2.85. The van der Waals surface area contributed by atoms with Crippen LogP contribution in [0.3, 0.4) is 0 Å². The number of aromatic nitrogens is 4. The second-order valence-corrected chi connectivity index (χ2v) is 7.46. The summed E-state index contributed by atoms with van der Waals surface area (Å²) in [6.45, 7) is 10.1. The van der Waals surface area contributed by atoms with Crippen LogP contribution in [-0.2, 0) is 4.79 Å². The number of nitrogens with zero attached hydrogens (tertiary/aromatic N) is 3. The zero-order valence-corrected chi connectivity index (χ0v) is 15.7. The minimum absolute atomic E-state index is 0.0000704. The van der Waals surface area contributed by atoms with E-state index in [1.807, 2.05) is 52.3 Å². The van der Waals surface area contributed by atoms with E-state index >= 15 is 0 Å². The molecule has 8 nitrogen and oxygen atoms in total. The Bertz CT molecular complexity index is 755. The minimum atomic E-state index is -0.274. The third-order valence-electron chi connectivity index (χ3n) is 3.78. The molecule has 136 valence electrons. The number of rotatable bonds is 6.